The molecule has 0 aliphatic heterocycles. The van der Waals surface area contributed by atoms with Crippen molar-refractivity contribution >= 4 is 0 Å². The molecule has 0 heterocycles. The van der Waals surface area contributed by atoms with Crippen LogP contribution in [0.2, 0.25) is 0 Å². The Morgan fingerprint density at radius 1 is 0.800 bits per heavy atom. The molecule has 0 heteroatoms. The van der Waals surface area contributed by atoms with Gasteiger partial charge in [0.1, 0.15) is 0 Å². The molecule has 0 radical (unpaired) electrons. The second-order valence-electron chi connectivity index (χ2n) is 6.70. The van der Waals surface area contributed by atoms with Gasteiger partial charge in [0.25, 0.3) is 0 Å². The molecule has 0 bridgehead atoms. The van der Waals surface area contributed by atoms with Crippen molar-refractivity contribution in [2.45, 2.75) is 46.5 Å². The third-order valence-corrected chi connectivity index (χ3v) is 4.04. The van der Waals surface area contributed by atoms with Gasteiger partial charge in [0.05, 0.1) is 0 Å². The highest BCUT2D eigenvalue weighted by molar-refractivity contribution is 5.63. The van der Waals surface area contributed by atoms with E-state index in [9.17, 15) is 0 Å². The van der Waals surface area contributed by atoms with Gasteiger partial charge in [-0.25, -0.2) is 0 Å². The Labute approximate surface area is 123 Å². The topological polar surface area (TPSA) is 0 Å². The summed E-state index contributed by atoms with van der Waals surface area (Å²) < 4.78 is 0. The van der Waals surface area contributed by atoms with E-state index in [4.69, 9.17) is 0 Å². The molecule has 2 aromatic rings. The largest absolute Gasteiger partial charge is 0.0654 e. The zero-order valence-corrected chi connectivity index (χ0v) is 13.2. The van der Waals surface area contributed by atoms with E-state index in [1.54, 1.807) is 0 Å². The lowest BCUT2D eigenvalue weighted by molar-refractivity contribution is 0.303. The van der Waals surface area contributed by atoms with E-state index in [0.717, 1.165) is 0 Å². The quantitative estimate of drug-likeness (QED) is 0.610. The van der Waals surface area contributed by atoms with Crippen molar-refractivity contribution in [3.8, 4) is 11.1 Å². The monoisotopic (exact) mass is 266 g/mol. The van der Waals surface area contributed by atoms with Gasteiger partial charge < -0.3 is 0 Å². The highest BCUT2D eigenvalue weighted by Gasteiger charge is 2.25. The standard InChI is InChI=1S/C20H26/c1-5-9-19(20(2,3)4)18-14-12-17(13-15-18)16-10-7-6-8-11-16/h6-8,10-15,19H,5,9H2,1-4H3. The zero-order valence-electron chi connectivity index (χ0n) is 13.2. The van der Waals surface area contributed by atoms with E-state index in [0.29, 0.717) is 11.3 Å². The minimum atomic E-state index is 0.324. The summed E-state index contributed by atoms with van der Waals surface area (Å²) in [4.78, 5) is 0. The van der Waals surface area contributed by atoms with E-state index in [-0.39, 0.29) is 0 Å². The fourth-order valence-corrected chi connectivity index (χ4v) is 2.93. The fraction of sp³-hybridized carbons (Fsp3) is 0.400. The predicted molar refractivity (Wildman–Crippen MR) is 89.0 cm³/mol. The highest BCUT2D eigenvalue weighted by Crippen LogP contribution is 2.39. The van der Waals surface area contributed by atoms with Crippen molar-refractivity contribution in [1.82, 2.24) is 0 Å². The Kier molecular flexibility index (Phi) is 4.65. The molecule has 0 amide bonds. The van der Waals surface area contributed by atoms with E-state index in [1.807, 2.05) is 0 Å². The summed E-state index contributed by atoms with van der Waals surface area (Å²) in [7, 11) is 0. The Balaban J connectivity index is 2.27. The molecule has 2 aromatic carbocycles. The lowest BCUT2D eigenvalue weighted by Gasteiger charge is -2.31. The molecule has 0 aliphatic carbocycles. The summed E-state index contributed by atoms with van der Waals surface area (Å²) in [5.41, 5.74) is 4.39. The molecule has 20 heavy (non-hydrogen) atoms. The van der Waals surface area contributed by atoms with Crippen molar-refractivity contribution in [3.63, 3.8) is 0 Å². The lowest BCUT2D eigenvalue weighted by Crippen LogP contribution is -2.18. The van der Waals surface area contributed by atoms with Gasteiger partial charge in [0, 0.05) is 0 Å². The normalized spacial score (nSPS) is 13.2. The van der Waals surface area contributed by atoms with Gasteiger partial charge in [-0.15, -0.1) is 0 Å². The molecule has 0 fully saturated rings. The number of hydrogen-bond donors (Lipinski definition) is 0. The summed E-state index contributed by atoms with van der Waals surface area (Å²) in [5, 5.41) is 0. The summed E-state index contributed by atoms with van der Waals surface area (Å²) >= 11 is 0. The Bertz CT molecular complexity index is 514. The SMILES string of the molecule is CCCC(c1ccc(-c2ccccc2)cc1)C(C)(C)C. The van der Waals surface area contributed by atoms with Crippen LogP contribution in [0.3, 0.4) is 0 Å². The van der Waals surface area contributed by atoms with Crippen LogP contribution in [-0.2, 0) is 0 Å². The van der Waals surface area contributed by atoms with Crippen LogP contribution < -0.4 is 0 Å². The van der Waals surface area contributed by atoms with Crippen LogP contribution in [-0.4, -0.2) is 0 Å². The van der Waals surface area contributed by atoms with Crippen LogP contribution in [0.15, 0.2) is 54.6 Å². The summed E-state index contributed by atoms with van der Waals surface area (Å²) in [6.07, 6.45) is 2.50. The Morgan fingerprint density at radius 3 is 1.85 bits per heavy atom. The van der Waals surface area contributed by atoms with Gasteiger partial charge >= 0.3 is 0 Å². The first-order valence-electron chi connectivity index (χ1n) is 7.67. The molecule has 1 atom stereocenters. The zero-order chi connectivity index (χ0) is 14.6. The van der Waals surface area contributed by atoms with E-state index >= 15 is 0 Å². The first-order valence-corrected chi connectivity index (χ1v) is 7.67. The van der Waals surface area contributed by atoms with E-state index in [1.165, 1.54) is 29.5 Å². The highest BCUT2D eigenvalue weighted by atomic mass is 14.3. The predicted octanol–water partition coefficient (Wildman–Crippen LogP) is 6.28. The van der Waals surface area contributed by atoms with Crippen LogP contribution in [0, 0.1) is 5.41 Å². The van der Waals surface area contributed by atoms with Crippen LogP contribution in [0.4, 0.5) is 0 Å². The van der Waals surface area contributed by atoms with Gasteiger partial charge in [-0.2, -0.15) is 0 Å². The Morgan fingerprint density at radius 2 is 1.35 bits per heavy atom. The van der Waals surface area contributed by atoms with Crippen molar-refractivity contribution in [2.24, 2.45) is 5.41 Å². The van der Waals surface area contributed by atoms with Crippen molar-refractivity contribution < 1.29 is 0 Å². The van der Waals surface area contributed by atoms with Gasteiger partial charge in [-0.3, -0.25) is 0 Å². The molecule has 0 saturated heterocycles. The van der Waals surface area contributed by atoms with Crippen LogP contribution in [0.25, 0.3) is 11.1 Å². The second-order valence-corrected chi connectivity index (χ2v) is 6.70. The maximum absolute atomic E-state index is 2.35. The maximum atomic E-state index is 2.35. The Hall–Kier alpha value is -1.56. The van der Waals surface area contributed by atoms with Gasteiger partial charge in [-0.1, -0.05) is 88.7 Å². The summed E-state index contributed by atoms with van der Waals surface area (Å²) in [6.45, 7) is 9.31. The van der Waals surface area contributed by atoms with Crippen LogP contribution >= 0.6 is 0 Å². The summed E-state index contributed by atoms with van der Waals surface area (Å²) in [6, 6.07) is 19.7. The first-order chi connectivity index (χ1) is 9.52. The minimum Gasteiger partial charge on any atom is -0.0654 e. The van der Waals surface area contributed by atoms with E-state index < -0.39 is 0 Å². The second kappa shape index (κ2) is 6.26. The number of hydrogen-bond acceptors (Lipinski definition) is 0. The molecule has 106 valence electrons. The molecular formula is C20H26. The average molecular weight is 266 g/mol. The van der Waals surface area contributed by atoms with Gasteiger partial charge in [-0.05, 0) is 34.4 Å². The molecule has 0 N–H and O–H groups in total. The number of rotatable bonds is 4. The third-order valence-electron chi connectivity index (χ3n) is 4.04. The molecule has 0 nitrogen and oxygen atoms in total. The van der Waals surface area contributed by atoms with Gasteiger partial charge in [0.2, 0.25) is 0 Å². The molecule has 0 saturated carbocycles. The minimum absolute atomic E-state index is 0.324. The maximum Gasteiger partial charge on any atom is -0.0113 e. The molecular weight excluding hydrogens is 240 g/mol. The fourth-order valence-electron chi connectivity index (χ4n) is 2.93. The van der Waals surface area contributed by atoms with E-state index in [2.05, 4.69) is 82.3 Å². The average Bonchev–Trinajstić information content (AvgIpc) is 2.45. The molecule has 0 aliphatic rings. The third kappa shape index (κ3) is 3.50. The van der Waals surface area contributed by atoms with Gasteiger partial charge in [0.15, 0.2) is 0 Å². The molecule has 0 spiro atoms. The lowest BCUT2D eigenvalue weighted by atomic mass is 9.74. The van der Waals surface area contributed by atoms with Crippen molar-refractivity contribution in [2.75, 3.05) is 0 Å². The van der Waals surface area contributed by atoms with Crippen molar-refractivity contribution in [1.29, 1.82) is 0 Å². The first kappa shape index (κ1) is 14.8. The summed E-state index contributed by atoms with van der Waals surface area (Å²) in [5.74, 6) is 0.636. The van der Waals surface area contributed by atoms with Crippen LogP contribution in [0.5, 0.6) is 0 Å². The van der Waals surface area contributed by atoms with Crippen molar-refractivity contribution in [3.05, 3.63) is 60.2 Å². The number of benzene rings is 2. The molecule has 1 unspecified atom stereocenters. The van der Waals surface area contributed by atoms with Crippen LogP contribution in [0.1, 0.15) is 52.0 Å². The molecule has 2 rings (SSSR count). The molecule has 0 aromatic heterocycles. The smallest absolute Gasteiger partial charge is 0.0113 e.